The predicted octanol–water partition coefficient (Wildman–Crippen LogP) is 3.30. The minimum atomic E-state index is -0.173. The van der Waals surface area contributed by atoms with E-state index in [-0.39, 0.29) is 11.8 Å². The minimum Gasteiger partial charge on any atom is -0.461 e. The lowest BCUT2D eigenvalue weighted by atomic mass is 10.2. The Kier molecular flexibility index (Phi) is 6.32. The Morgan fingerprint density at radius 1 is 0.971 bits per heavy atom. The van der Waals surface area contributed by atoms with Gasteiger partial charge in [-0.2, -0.15) is 14.6 Å². The number of aromatic nitrogens is 6. The number of furan rings is 1. The van der Waals surface area contributed by atoms with E-state index in [1.807, 2.05) is 30.7 Å². The van der Waals surface area contributed by atoms with E-state index in [0.29, 0.717) is 35.1 Å². The predicted molar refractivity (Wildman–Crippen MR) is 133 cm³/mol. The molecule has 1 aliphatic heterocycles. The van der Waals surface area contributed by atoms with E-state index in [1.165, 1.54) is 10.6 Å². The summed E-state index contributed by atoms with van der Waals surface area (Å²) in [5, 5.41) is 9.72. The normalized spacial score (nSPS) is 14.4. The number of para-hydroxylation sites is 1. The lowest BCUT2D eigenvalue weighted by molar-refractivity contribution is 0.245. The van der Waals surface area contributed by atoms with E-state index in [0.717, 1.165) is 38.1 Å². The summed E-state index contributed by atoms with van der Waals surface area (Å²) in [5.74, 6) is 1.07. The zero-order valence-electron chi connectivity index (χ0n) is 19.8. The lowest BCUT2D eigenvalue weighted by Gasteiger charge is -2.36. The third-order valence-corrected chi connectivity index (χ3v) is 6.03. The number of rotatable bonds is 5. The Hall–Kier alpha value is -3.99. The first kappa shape index (κ1) is 22.8. The van der Waals surface area contributed by atoms with Gasteiger partial charge in [-0.15, -0.1) is 5.10 Å². The molecule has 0 atom stereocenters. The third-order valence-electron chi connectivity index (χ3n) is 6.03. The Bertz CT molecular complexity index is 1420. The van der Waals surface area contributed by atoms with Crippen LogP contribution >= 0.6 is 0 Å². The summed E-state index contributed by atoms with van der Waals surface area (Å²) in [7, 11) is 0. The van der Waals surface area contributed by atoms with Gasteiger partial charge in [-0.1, -0.05) is 26.0 Å². The summed E-state index contributed by atoms with van der Waals surface area (Å²) in [6.07, 6.45) is 3.32. The van der Waals surface area contributed by atoms with E-state index in [2.05, 4.69) is 30.0 Å². The van der Waals surface area contributed by atoms with Gasteiger partial charge in [0.25, 0.3) is 0 Å². The molecule has 1 saturated heterocycles. The van der Waals surface area contributed by atoms with Crippen molar-refractivity contribution in [3.05, 3.63) is 54.7 Å². The molecule has 0 bridgehead atoms. The summed E-state index contributed by atoms with van der Waals surface area (Å²) in [5.41, 5.74) is 8.10. The summed E-state index contributed by atoms with van der Waals surface area (Å²) < 4.78 is 22.8. The van der Waals surface area contributed by atoms with Gasteiger partial charge in [-0.25, -0.2) is 14.1 Å². The van der Waals surface area contributed by atoms with Gasteiger partial charge in [0.1, 0.15) is 5.82 Å². The highest BCUT2D eigenvalue weighted by molar-refractivity contribution is 5.90. The highest BCUT2D eigenvalue weighted by Crippen LogP contribution is 2.24. The third kappa shape index (κ3) is 4.30. The van der Waals surface area contributed by atoms with Crippen LogP contribution in [0.2, 0.25) is 0 Å². The maximum Gasteiger partial charge on any atom is 0.225 e. The maximum atomic E-state index is 14.1. The molecule has 10 nitrogen and oxygen atoms in total. The van der Waals surface area contributed by atoms with Crippen LogP contribution in [0.1, 0.15) is 13.8 Å². The summed E-state index contributed by atoms with van der Waals surface area (Å²) in [6, 6.07) is 10.5. The van der Waals surface area contributed by atoms with Crippen molar-refractivity contribution in [1.82, 2.24) is 34.3 Å². The molecular weight excluding hydrogens is 449 g/mol. The second kappa shape index (κ2) is 9.71. The molecule has 0 saturated carbocycles. The van der Waals surface area contributed by atoms with Crippen LogP contribution in [0.5, 0.6) is 0 Å². The van der Waals surface area contributed by atoms with Crippen molar-refractivity contribution < 1.29 is 8.81 Å². The standard InChI is InChI=1S/C22H22FN9O.C2H6/c23-16-4-1-2-5-17(16)30-10-7-29(8-11-30)9-12-31-20-15(14-25-31)21-26-19(18-6-3-13-33-18)28-32(21)22(24)27-20;1-2/h1-6,13-14H,7-12H2,(H2,24,27);1-2H3. The highest BCUT2D eigenvalue weighted by Gasteiger charge is 2.21. The van der Waals surface area contributed by atoms with Crippen LogP contribution in [0.25, 0.3) is 28.3 Å². The van der Waals surface area contributed by atoms with Crippen LogP contribution < -0.4 is 10.6 Å². The average Bonchev–Trinajstić information content (AvgIpc) is 3.64. The van der Waals surface area contributed by atoms with Crippen LogP contribution in [0.4, 0.5) is 16.0 Å². The zero-order chi connectivity index (χ0) is 24.4. The van der Waals surface area contributed by atoms with Crippen LogP contribution in [0.3, 0.4) is 0 Å². The number of hydrogen-bond donors (Lipinski definition) is 1. The second-order valence-corrected chi connectivity index (χ2v) is 8.00. The zero-order valence-corrected chi connectivity index (χ0v) is 19.8. The van der Waals surface area contributed by atoms with Crippen molar-refractivity contribution >= 4 is 28.3 Å². The molecule has 1 fully saturated rings. The Labute approximate surface area is 201 Å². The molecule has 4 aromatic heterocycles. The average molecular weight is 478 g/mol. The van der Waals surface area contributed by atoms with Gasteiger partial charge in [0.15, 0.2) is 17.1 Å². The molecule has 6 rings (SSSR count). The van der Waals surface area contributed by atoms with Crippen molar-refractivity contribution in [2.45, 2.75) is 20.4 Å². The summed E-state index contributed by atoms with van der Waals surface area (Å²) in [6.45, 7) is 8.72. The number of nitrogens with zero attached hydrogens (tertiary/aromatic N) is 8. The molecule has 0 unspecified atom stereocenters. The highest BCUT2D eigenvalue weighted by atomic mass is 19.1. The summed E-state index contributed by atoms with van der Waals surface area (Å²) >= 11 is 0. The van der Waals surface area contributed by atoms with Crippen LogP contribution in [-0.4, -0.2) is 67.0 Å². The van der Waals surface area contributed by atoms with Gasteiger partial charge in [0.2, 0.25) is 11.8 Å². The molecule has 11 heteroatoms. The fourth-order valence-electron chi connectivity index (χ4n) is 4.29. The first-order valence-electron chi connectivity index (χ1n) is 11.8. The fourth-order valence-corrected chi connectivity index (χ4v) is 4.29. The molecular formula is C24H28FN9O. The van der Waals surface area contributed by atoms with E-state index >= 15 is 0 Å². The molecule has 0 aliphatic carbocycles. The van der Waals surface area contributed by atoms with E-state index in [4.69, 9.17) is 10.2 Å². The van der Waals surface area contributed by atoms with Crippen molar-refractivity contribution in [2.75, 3.05) is 43.4 Å². The smallest absolute Gasteiger partial charge is 0.225 e. The van der Waals surface area contributed by atoms with Crippen molar-refractivity contribution in [3.63, 3.8) is 0 Å². The molecule has 0 spiro atoms. The molecule has 0 radical (unpaired) electrons. The quantitative estimate of drug-likeness (QED) is 0.411. The number of benzene rings is 1. The van der Waals surface area contributed by atoms with E-state index in [1.54, 1.807) is 30.7 Å². The molecule has 5 aromatic rings. The van der Waals surface area contributed by atoms with Gasteiger partial charge in [-0.3, -0.25) is 4.90 Å². The minimum absolute atomic E-state index is 0.173. The van der Waals surface area contributed by atoms with Crippen LogP contribution in [0, 0.1) is 5.82 Å². The van der Waals surface area contributed by atoms with Crippen LogP contribution in [0.15, 0.2) is 53.3 Å². The van der Waals surface area contributed by atoms with Gasteiger partial charge < -0.3 is 15.1 Å². The number of nitrogens with two attached hydrogens (primary N) is 1. The van der Waals surface area contributed by atoms with Crippen LogP contribution in [-0.2, 0) is 6.54 Å². The van der Waals surface area contributed by atoms with Crippen molar-refractivity contribution in [3.8, 4) is 11.6 Å². The van der Waals surface area contributed by atoms with E-state index in [9.17, 15) is 4.39 Å². The number of hydrogen-bond acceptors (Lipinski definition) is 8. The number of halogens is 1. The van der Waals surface area contributed by atoms with Crippen molar-refractivity contribution in [2.24, 2.45) is 0 Å². The van der Waals surface area contributed by atoms with E-state index < -0.39 is 0 Å². The molecule has 0 amide bonds. The molecule has 1 aliphatic rings. The number of fused-ring (bicyclic) bond motifs is 3. The Morgan fingerprint density at radius 3 is 2.51 bits per heavy atom. The number of piperazine rings is 1. The monoisotopic (exact) mass is 477 g/mol. The molecule has 35 heavy (non-hydrogen) atoms. The van der Waals surface area contributed by atoms with Gasteiger partial charge in [0.05, 0.1) is 30.1 Å². The van der Waals surface area contributed by atoms with Gasteiger partial charge >= 0.3 is 0 Å². The van der Waals surface area contributed by atoms with Gasteiger partial charge in [-0.05, 0) is 24.3 Å². The SMILES string of the molecule is CC.Nc1nc2c(cnn2CCN2CCN(c3ccccc3F)CC2)c2nc(-c3ccco3)nn12. The van der Waals surface area contributed by atoms with Crippen molar-refractivity contribution in [1.29, 1.82) is 0 Å². The first-order chi connectivity index (χ1) is 17.2. The van der Waals surface area contributed by atoms with Gasteiger partial charge in [0, 0.05) is 32.7 Å². The second-order valence-electron chi connectivity index (χ2n) is 8.00. The maximum absolute atomic E-state index is 14.1. The first-order valence-corrected chi connectivity index (χ1v) is 11.8. The number of nitrogen functional groups attached to an aromatic ring is 1. The Balaban J connectivity index is 0.00000124. The summed E-state index contributed by atoms with van der Waals surface area (Å²) in [4.78, 5) is 13.6. The Morgan fingerprint density at radius 2 is 1.77 bits per heavy atom. The molecule has 2 N–H and O–H groups in total. The lowest BCUT2D eigenvalue weighted by Crippen LogP contribution is -2.47. The largest absolute Gasteiger partial charge is 0.461 e. The molecule has 5 heterocycles. The molecule has 1 aromatic carbocycles. The topological polar surface area (TPSA) is 107 Å². The number of anilines is 2. The fraction of sp³-hybridized carbons (Fsp3) is 0.333. The molecule has 182 valence electrons.